The monoisotopic (exact) mass is 788 g/mol. The Hall–Kier alpha value is -8.20. The Morgan fingerprint density at radius 3 is 1.15 bits per heavy atom. The highest BCUT2D eigenvalue weighted by Gasteiger charge is 2.21. The highest BCUT2D eigenvalue weighted by molar-refractivity contribution is 6.24. The molecule has 0 spiro atoms. The Morgan fingerprint density at radius 1 is 0.242 bits per heavy atom. The lowest BCUT2D eigenvalue weighted by atomic mass is 9.81. The Kier molecular flexibility index (Phi) is 9.57. The molecule has 0 unspecified atom stereocenters. The van der Waals surface area contributed by atoms with Crippen LogP contribution >= 0.6 is 0 Å². The minimum Gasteiger partial charge on any atom is -0.265 e. The molecule has 0 radical (unpaired) electrons. The van der Waals surface area contributed by atoms with Crippen LogP contribution in [0.4, 0.5) is 0 Å². The van der Waals surface area contributed by atoms with Gasteiger partial charge in [0.15, 0.2) is 0 Å². The van der Waals surface area contributed by atoms with Gasteiger partial charge in [-0.3, -0.25) is 9.97 Å². The van der Waals surface area contributed by atoms with Gasteiger partial charge in [0.25, 0.3) is 0 Å². The van der Waals surface area contributed by atoms with Gasteiger partial charge in [0.2, 0.25) is 0 Å². The molecule has 9 aromatic carbocycles. The van der Waals surface area contributed by atoms with Crippen molar-refractivity contribution in [1.29, 1.82) is 0 Å². The summed E-state index contributed by atoms with van der Waals surface area (Å²) in [6.45, 7) is 0. The number of rotatable bonds is 8. The van der Waals surface area contributed by atoms with Crippen LogP contribution in [0.15, 0.2) is 243 Å². The van der Waals surface area contributed by atoms with Gasteiger partial charge in [0, 0.05) is 29.7 Å². The average Bonchev–Trinajstić information content (AvgIpc) is 3.36. The molecule has 0 bridgehead atoms. The number of nitrogens with zero attached hydrogens (tertiary/aromatic N) is 2. The van der Waals surface area contributed by atoms with Gasteiger partial charge in [-0.1, -0.05) is 200 Å². The fraction of sp³-hybridized carbons (Fsp3) is 0. The molecule has 0 saturated heterocycles. The molecule has 0 aliphatic heterocycles. The molecule has 2 heterocycles. The van der Waals surface area contributed by atoms with E-state index in [1.54, 1.807) is 0 Å². The molecule has 2 nitrogen and oxygen atoms in total. The molecule has 0 N–H and O–H groups in total. The maximum absolute atomic E-state index is 5.04. The first kappa shape index (κ1) is 36.8. The third-order valence-corrected chi connectivity index (χ3v) is 12.1. The van der Waals surface area contributed by atoms with Crippen molar-refractivity contribution >= 4 is 21.5 Å². The summed E-state index contributed by atoms with van der Waals surface area (Å²) in [7, 11) is 0. The zero-order valence-electron chi connectivity index (χ0n) is 34.0. The van der Waals surface area contributed by atoms with E-state index in [9.17, 15) is 0 Å². The SMILES string of the molecule is c1ccc(-c2ccc(-c3ccccc3-c3c4ccccc4c(-c4ccccc4-c4ccc(-c5ccccc5)cc4)c4cc(-c5ccc(-c6ccncc6)cn5)ccc34)cc2)cc1. The molecule has 11 rings (SSSR count). The summed E-state index contributed by atoms with van der Waals surface area (Å²) < 4.78 is 0. The zero-order chi connectivity index (χ0) is 41.2. The predicted molar refractivity (Wildman–Crippen MR) is 261 cm³/mol. The number of pyridine rings is 2. The van der Waals surface area contributed by atoms with E-state index in [1.165, 1.54) is 88.3 Å². The largest absolute Gasteiger partial charge is 0.265 e. The predicted octanol–water partition coefficient (Wildman–Crippen LogP) is 16.1. The Balaban J connectivity index is 1.13. The van der Waals surface area contributed by atoms with E-state index in [4.69, 9.17) is 4.98 Å². The number of benzene rings is 9. The standard InChI is InChI=1S/C60H40N2/c1-3-13-41(14-4-1)43-23-27-46(28-24-43)50-17-7-9-19-52(50)59-54-21-11-12-22-55(54)60(53-20-10-8-18-51(53)47-29-25-44(26-30-47)42-15-5-2-6-16-42)57-39-48(31-33-56(57)59)58-34-32-49(40-62-58)45-35-37-61-38-36-45/h1-40H. The van der Waals surface area contributed by atoms with Crippen molar-refractivity contribution in [3.05, 3.63) is 243 Å². The molecule has 2 aromatic heterocycles. The van der Waals surface area contributed by atoms with Crippen molar-refractivity contribution in [2.24, 2.45) is 0 Å². The lowest BCUT2D eigenvalue weighted by Gasteiger charge is -2.22. The summed E-state index contributed by atoms with van der Waals surface area (Å²) in [5, 5.41) is 4.79. The third kappa shape index (κ3) is 6.84. The molecule has 62 heavy (non-hydrogen) atoms. The summed E-state index contributed by atoms with van der Waals surface area (Å²) in [4.78, 5) is 9.25. The molecule has 0 atom stereocenters. The fourth-order valence-corrected chi connectivity index (χ4v) is 9.05. The van der Waals surface area contributed by atoms with E-state index < -0.39 is 0 Å². The van der Waals surface area contributed by atoms with Gasteiger partial charge >= 0.3 is 0 Å². The van der Waals surface area contributed by atoms with Gasteiger partial charge in [-0.25, -0.2) is 0 Å². The Bertz CT molecular complexity index is 3340. The van der Waals surface area contributed by atoms with Crippen molar-refractivity contribution in [2.75, 3.05) is 0 Å². The van der Waals surface area contributed by atoms with Crippen LogP contribution in [0.1, 0.15) is 0 Å². The van der Waals surface area contributed by atoms with Crippen molar-refractivity contribution in [3.63, 3.8) is 0 Å². The van der Waals surface area contributed by atoms with Crippen molar-refractivity contribution < 1.29 is 0 Å². The van der Waals surface area contributed by atoms with Gasteiger partial charge in [0.1, 0.15) is 0 Å². The van der Waals surface area contributed by atoms with E-state index in [0.717, 1.165) is 22.4 Å². The second-order valence-electron chi connectivity index (χ2n) is 15.7. The van der Waals surface area contributed by atoms with E-state index in [1.807, 2.05) is 30.7 Å². The topological polar surface area (TPSA) is 25.8 Å². The summed E-state index contributed by atoms with van der Waals surface area (Å²) in [6.07, 6.45) is 5.61. The van der Waals surface area contributed by atoms with Crippen LogP contribution in [0.25, 0.3) is 111 Å². The van der Waals surface area contributed by atoms with Crippen LogP contribution < -0.4 is 0 Å². The van der Waals surface area contributed by atoms with Crippen molar-refractivity contribution in [2.45, 2.75) is 0 Å². The van der Waals surface area contributed by atoms with Gasteiger partial charge in [0.05, 0.1) is 5.69 Å². The molecule has 290 valence electrons. The van der Waals surface area contributed by atoms with Gasteiger partial charge in [-0.15, -0.1) is 0 Å². The van der Waals surface area contributed by atoms with Gasteiger partial charge < -0.3 is 0 Å². The lowest BCUT2D eigenvalue weighted by Crippen LogP contribution is -1.95. The van der Waals surface area contributed by atoms with Gasteiger partial charge in [-0.05, 0) is 118 Å². The second kappa shape index (κ2) is 16.1. The van der Waals surface area contributed by atoms with E-state index in [2.05, 4.69) is 217 Å². The van der Waals surface area contributed by atoms with Crippen LogP contribution in [0.5, 0.6) is 0 Å². The van der Waals surface area contributed by atoms with Crippen molar-refractivity contribution in [1.82, 2.24) is 9.97 Å². The molecule has 2 heteroatoms. The summed E-state index contributed by atoms with van der Waals surface area (Å²) in [6, 6.07) is 81.1. The molecular formula is C60H40N2. The summed E-state index contributed by atoms with van der Waals surface area (Å²) >= 11 is 0. The quantitative estimate of drug-likeness (QED) is 0.143. The van der Waals surface area contributed by atoms with Crippen LogP contribution in [0, 0.1) is 0 Å². The zero-order valence-corrected chi connectivity index (χ0v) is 34.0. The molecule has 11 aromatic rings. The fourth-order valence-electron chi connectivity index (χ4n) is 9.05. The number of fused-ring (bicyclic) bond motifs is 2. The highest BCUT2D eigenvalue weighted by atomic mass is 14.7. The lowest BCUT2D eigenvalue weighted by molar-refractivity contribution is 1.30. The molecular weight excluding hydrogens is 749 g/mol. The van der Waals surface area contributed by atoms with Crippen LogP contribution in [0.3, 0.4) is 0 Å². The van der Waals surface area contributed by atoms with E-state index in [0.29, 0.717) is 0 Å². The third-order valence-electron chi connectivity index (χ3n) is 12.1. The molecule has 0 aliphatic rings. The number of aromatic nitrogens is 2. The maximum Gasteiger partial charge on any atom is 0.0702 e. The summed E-state index contributed by atoms with van der Waals surface area (Å²) in [5.74, 6) is 0. The first-order chi connectivity index (χ1) is 30.8. The summed E-state index contributed by atoms with van der Waals surface area (Å²) in [5.41, 5.74) is 18.5. The Labute approximate surface area is 362 Å². The number of hydrogen-bond donors (Lipinski definition) is 0. The van der Waals surface area contributed by atoms with Crippen LogP contribution in [-0.2, 0) is 0 Å². The first-order valence-corrected chi connectivity index (χ1v) is 21.1. The molecule has 0 amide bonds. The first-order valence-electron chi connectivity index (χ1n) is 21.1. The van der Waals surface area contributed by atoms with E-state index >= 15 is 0 Å². The van der Waals surface area contributed by atoms with E-state index in [-0.39, 0.29) is 0 Å². The number of hydrogen-bond acceptors (Lipinski definition) is 2. The van der Waals surface area contributed by atoms with Crippen molar-refractivity contribution in [3.8, 4) is 89.1 Å². The van der Waals surface area contributed by atoms with Crippen LogP contribution in [0.2, 0.25) is 0 Å². The smallest absolute Gasteiger partial charge is 0.0702 e. The second-order valence-corrected chi connectivity index (χ2v) is 15.7. The van der Waals surface area contributed by atoms with Crippen LogP contribution in [-0.4, -0.2) is 9.97 Å². The average molecular weight is 789 g/mol. The molecule has 0 saturated carbocycles. The minimum atomic E-state index is 0.925. The Morgan fingerprint density at radius 2 is 0.629 bits per heavy atom. The minimum absolute atomic E-state index is 0.925. The van der Waals surface area contributed by atoms with Gasteiger partial charge in [-0.2, -0.15) is 0 Å². The maximum atomic E-state index is 5.04. The normalized spacial score (nSPS) is 11.2. The highest BCUT2D eigenvalue weighted by Crippen LogP contribution is 2.49. The molecule has 0 fully saturated rings. The molecule has 0 aliphatic carbocycles.